The second-order valence-corrected chi connectivity index (χ2v) is 4.91. The lowest BCUT2D eigenvalue weighted by molar-refractivity contribution is 0.0994. The van der Waals surface area contributed by atoms with Crippen LogP contribution in [0.3, 0.4) is 0 Å². The molecule has 2 N–H and O–H groups in total. The highest BCUT2D eigenvalue weighted by Gasteiger charge is 2.16. The van der Waals surface area contributed by atoms with Crippen molar-refractivity contribution in [1.82, 2.24) is 9.38 Å². The average molecular weight is 249 g/mol. The number of imidazole rings is 1. The minimum atomic E-state index is -0.409. The molecule has 0 fully saturated rings. The number of hydrogen-bond acceptors (Lipinski definition) is 3. The first kappa shape index (κ1) is 11.9. The molecule has 2 rings (SSSR count). The van der Waals surface area contributed by atoms with Gasteiger partial charge in [-0.15, -0.1) is 11.3 Å². The number of amides is 1. The van der Waals surface area contributed by atoms with E-state index in [2.05, 4.69) is 18.0 Å². The van der Waals surface area contributed by atoms with Crippen LogP contribution in [-0.2, 0) is 0 Å². The molecule has 4 nitrogen and oxygen atoms in total. The maximum absolute atomic E-state index is 11.5. The van der Waals surface area contributed by atoms with E-state index in [1.54, 1.807) is 6.20 Å². The van der Waals surface area contributed by atoms with Crippen LogP contribution in [0.2, 0.25) is 0 Å². The van der Waals surface area contributed by atoms with Crippen LogP contribution in [0.5, 0.6) is 0 Å². The zero-order valence-electron chi connectivity index (χ0n) is 9.93. The van der Waals surface area contributed by atoms with Gasteiger partial charge in [-0.3, -0.25) is 9.20 Å². The van der Waals surface area contributed by atoms with E-state index in [-0.39, 0.29) is 0 Å². The monoisotopic (exact) mass is 249 g/mol. The molecule has 0 bridgehead atoms. The maximum atomic E-state index is 11.5. The highest BCUT2D eigenvalue weighted by atomic mass is 32.1. The summed E-state index contributed by atoms with van der Waals surface area (Å²) in [6, 6.07) is 0. The third-order valence-electron chi connectivity index (χ3n) is 2.54. The number of thiazole rings is 1. The highest BCUT2D eigenvalue weighted by molar-refractivity contribution is 7.18. The van der Waals surface area contributed by atoms with Crippen molar-refractivity contribution in [3.8, 4) is 0 Å². The number of aryl methyl sites for hydroxylation is 1. The Morgan fingerprint density at radius 1 is 1.65 bits per heavy atom. The van der Waals surface area contributed by atoms with Gasteiger partial charge < -0.3 is 5.73 Å². The molecule has 0 aliphatic rings. The molecule has 0 aliphatic carbocycles. The minimum Gasteiger partial charge on any atom is -0.364 e. The standard InChI is InChI=1S/C12H15N3OS/c1-3-4-5-6-9-11(12(13)16)15-8(2)14-7-10(15)17-9/h5-7H,3-4H2,1-2H3,(H2,13,16). The Hall–Kier alpha value is -1.62. The van der Waals surface area contributed by atoms with E-state index in [0.717, 1.165) is 28.4 Å². The molecule has 0 saturated heterocycles. The van der Waals surface area contributed by atoms with Gasteiger partial charge in [0.05, 0.1) is 11.1 Å². The molecular formula is C12H15N3OS. The fraction of sp³-hybridized carbons (Fsp3) is 0.333. The summed E-state index contributed by atoms with van der Waals surface area (Å²) < 4.78 is 1.82. The van der Waals surface area contributed by atoms with Gasteiger partial charge >= 0.3 is 0 Å². The SMILES string of the molecule is CCCC=Cc1sc2cnc(C)n2c1C(N)=O. The normalized spacial score (nSPS) is 11.6. The van der Waals surface area contributed by atoms with Crippen molar-refractivity contribution in [2.75, 3.05) is 0 Å². The number of hydrogen-bond donors (Lipinski definition) is 1. The summed E-state index contributed by atoms with van der Waals surface area (Å²) in [6.45, 7) is 3.98. The predicted molar refractivity (Wildman–Crippen MR) is 70.3 cm³/mol. The summed E-state index contributed by atoms with van der Waals surface area (Å²) in [5.41, 5.74) is 5.98. The van der Waals surface area contributed by atoms with E-state index in [1.165, 1.54) is 11.3 Å². The van der Waals surface area contributed by atoms with Gasteiger partial charge in [-0.1, -0.05) is 19.4 Å². The zero-order valence-corrected chi connectivity index (χ0v) is 10.8. The molecule has 1 amide bonds. The summed E-state index contributed by atoms with van der Waals surface area (Å²) in [6.07, 6.45) is 7.90. The van der Waals surface area contributed by atoms with Gasteiger partial charge in [-0.25, -0.2) is 4.98 Å². The summed E-state index contributed by atoms with van der Waals surface area (Å²) in [4.78, 5) is 17.6. The van der Waals surface area contributed by atoms with E-state index in [1.807, 2.05) is 17.4 Å². The van der Waals surface area contributed by atoms with E-state index >= 15 is 0 Å². The number of primary amides is 1. The molecule has 0 saturated carbocycles. The van der Waals surface area contributed by atoms with Crippen LogP contribution in [0.4, 0.5) is 0 Å². The summed E-state index contributed by atoms with van der Waals surface area (Å²) in [7, 11) is 0. The quantitative estimate of drug-likeness (QED) is 0.905. The number of nitrogens with two attached hydrogens (primary N) is 1. The Labute approximate surface area is 104 Å². The summed E-state index contributed by atoms with van der Waals surface area (Å²) in [5.74, 6) is 0.383. The molecule has 90 valence electrons. The van der Waals surface area contributed by atoms with Gasteiger partial charge in [-0.05, 0) is 19.4 Å². The van der Waals surface area contributed by atoms with Crippen molar-refractivity contribution >= 4 is 28.2 Å². The molecule has 0 unspecified atom stereocenters. The van der Waals surface area contributed by atoms with Crippen LogP contribution in [0.15, 0.2) is 12.3 Å². The first-order valence-corrected chi connectivity index (χ1v) is 6.40. The molecule has 5 heteroatoms. The molecule has 0 aromatic carbocycles. The topological polar surface area (TPSA) is 60.4 Å². The molecule has 0 atom stereocenters. The first-order chi connectivity index (χ1) is 8.15. The van der Waals surface area contributed by atoms with Crippen molar-refractivity contribution in [1.29, 1.82) is 0 Å². The van der Waals surface area contributed by atoms with Crippen LogP contribution in [0.25, 0.3) is 10.9 Å². The number of aromatic nitrogens is 2. The predicted octanol–water partition coefficient (Wildman–Crippen LogP) is 2.62. The molecule has 0 aliphatic heterocycles. The van der Waals surface area contributed by atoms with E-state index in [9.17, 15) is 4.79 Å². The van der Waals surface area contributed by atoms with Crippen LogP contribution < -0.4 is 5.73 Å². The Morgan fingerprint density at radius 3 is 3.06 bits per heavy atom. The third-order valence-corrected chi connectivity index (χ3v) is 3.58. The van der Waals surface area contributed by atoms with Crippen molar-refractivity contribution in [2.24, 2.45) is 5.73 Å². The fourth-order valence-corrected chi connectivity index (χ4v) is 2.84. The first-order valence-electron chi connectivity index (χ1n) is 5.58. The summed E-state index contributed by atoms with van der Waals surface area (Å²) >= 11 is 1.54. The lowest BCUT2D eigenvalue weighted by Gasteiger charge is -1.97. The highest BCUT2D eigenvalue weighted by Crippen LogP contribution is 2.26. The molecule has 0 spiro atoms. The number of carbonyl (C=O) groups is 1. The number of carbonyl (C=O) groups excluding carboxylic acids is 1. The number of rotatable bonds is 4. The van der Waals surface area contributed by atoms with Crippen LogP contribution >= 0.6 is 11.3 Å². The minimum absolute atomic E-state index is 0.409. The van der Waals surface area contributed by atoms with Crippen molar-refractivity contribution in [3.05, 3.63) is 28.7 Å². The van der Waals surface area contributed by atoms with E-state index < -0.39 is 5.91 Å². The average Bonchev–Trinajstić information content (AvgIpc) is 2.79. The van der Waals surface area contributed by atoms with Gasteiger partial charge in [0, 0.05) is 0 Å². The number of allylic oxidation sites excluding steroid dienone is 1. The van der Waals surface area contributed by atoms with Crippen molar-refractivity contribution < 1.29 is 4.79 Å². The van der Waals surface area contributed by atoms with Gasteiger partial charge in [0.25, 0.3) is 5.91 Å². The molecule has 2 aromatic heterocycles. The van der Waals surface area contributed by atoms with Gasteiger partial charge in [0.1, 0.15) is 16.3 Å². The molecule has 2 aromatic rings. The largest absolute Gasteiger partial charge is 0.364 e. The molecule has 2 heterocycles. The Kier molecular flexibility index (Phi) is 3.28. The molecular weight excluding hydrogens is 234 g/mol. The third kappa shape index (κ3) is 2.10. The van der Waals surface area contributed by atoms with Gasteiger partial charge in [-0.2, -0.15) is 0 Å². The Bertz CT molecular complexity index is 580. The van der Waals surface area contributed by atoms with E-state index in [4.69, 9.17) is 5.73 Å². The van der Waals surface area contributed by atoms with Crippen LogP contribution in [0.1, 0.15) is 41.0 Å². The lowest BCUT2D eigenvalue weighted by atomic mass is 10.2. The Morgan fingerprint density at radius 2 is 2.41 bits per heavy atom. The summed E-state index contributed by atoms with van der Waals surface area (Å²) in [5, 5.41) is 0. The second-order valence-electron chi connectivity index (χ2n) is 3.85. The molecule has 0 radical (unpaired) electrons. The second kappa shape index (κ2) is 4.71. The fourth-order valence-electron chi connectivity index (χ4n) is 1.74. The lowest BCUT2D eigenvalue weighted by Crippen LogP contribution is -2.15. The molecule has 17 heavy (non-hydrogen) atoms. The van der Waals surface area contributed by atoms with Crippen molar-refractivity contribution in [3.63, 3.8) is 0 Å². The van der Waals surface area contributed by atoms with E-state index in [0.29, 0.717) is 5.69 Å². The number of unbranched alkanes of at least 4 members (excludes halogenated alkanes) is 1. The van der Waals surface area contributed by atoms with Crippen molar-refractivity contribution in [2.45, 2.75) is 26.7 Å². The van der Waals surface area contributed by atoms with Crippen LogP contribution in [-0.4, -0.2) is 15.3 Å². The maximum Gasteiger partial charge on any atom is 0.267 e. The Balaban J connectivity index is 2.55. The smallest absolute Gasteiger partial charge is 0.267 e. The number of nitrogens with zero attached hydrogens (tertiary/aromatic N) is 2. The van der Waals surface area contributed by atoms with Gasteiger partial charge in [0.2, 0.25) is 0 Å². The van der Waals surface area contributed by atoms with Crippen LogP contribution in [0, 0.1) is 6.92 Å². The van der Waals surface area contributed by atoms with Gasteiger partial charge in [0.15, 0.2) is 0 Å². The zero-order chi connectivity index (χ0) is 12.4. The number of fused-ring (bicyclic) bond motifs is 1.